The van der Waals surface area contributed by atoms with Gasteiger partial charge < -0.3 is 0 Å². The minimum atomic E-state index is -3.67. The largest absolute Gasteiger partial charge is 0.288 e. The van der Waals surface area contributed by atoms with Crippen molar-refractivity contribution < 1.29 is 26.4 Å². The second kappa shape index (κ2) is 7.79. The van der Waals surface area contributed by atoms with Crippen LogP contribution in [0.5, 0.6) is 0 Å². The quantitative estimate of drug-likeness (QED) is 0.318. The Labute approximate surface area is 194 Å². The van der Waals surface area contributed by atoms with Crippen LogP contribution in [0.15, 0.2) is 105 Å². The van der Waals surface area contributed by atoms with E-state index in [1.165, 1.54) is 48.8 Å². The van der Waals surface area contributed by atoms with E-state index in [0.29, 0.717) is 0 Å². The Bertz CT molecular complexity index is 1490. The number of hydrogen-bond acceptors (Lipinski definition) is 8. The number of rotatable bonds is 0. The van der Waals surface area contributed by atoms with Crippen molar-refractivity contribution in [1.82, 2.24) is 9.97 Å². The number of fused-ring (bicyclic) bond motifs is 4. The zero-order valence-electron chi connectivity index (χ0n) is 17.2. The number of nitrogens with zero attached hydrogens (tertiary/aromatic N) is 2. The Morgan fingerprint density at radius 2 is 0.824 bits per heavy atom. The van der Waals surface area contributed by atoms with Crippen molar-refractivity contribution in [3.8, 4) is 0 Å². The van der Waals surface area contributed by atoms with Crippen molar-refractivity contribution >= 4 is 31.2 Å². The van der Waals surface area contributed by atoms with Crippen molar-refractivity contribution in [2.45, 2.75) is 19.8 Å². The summed E-state index contributed by atoms with van der Waals surface area (Å²) >= 11 is 0. The summed E-state index contributed by atoms with van der Waals surface area (Å²) in [6.07, 6.45) is 2.75. The molecule has 4 heterocycles. The molecular formula is C24H14N2O6S2. The van der Waals surface area contributed by atoms with Crippen molar-refractivity contribution in [1.29, 1.82) is 0 Å². The second-order valence-corrected chi connectivity index (χ2v) is 11.0. The molecule has 0 fully saturated rings. The van der Waals surface area contributed by atoms with E-state index in [4.69, 9.17) is 0 Å². The fourth-order valence-corrected chi connectivity index (χ4v) is 6.96. The summed E-state index contributed by atoms with van der Waals surface area (Å²) < 4.78 is 48.9. The number of hydrogen-bond donors (Lipinski definition) is 0. The second-order valence-electron chi connectivity index (χ2n) is 7.37. The molecule has 168 valence electrons. The SMILES string of the molecule is O=C1c2ccccc2S(=O)(=O)c2ncccc21.O=C1c2ccccc2S(=O)(=O)c2ncccc21. The predicted molar refractivity (Wildman–Crippen MR) is 119 cm³/mol. The van der Waals surface area contributed by atoms with Crippen LogP contribution in [0.2, 0.25) is 0 Å². The van der Waals surface area contributed by atoms with Crippen LogP contribution in [0.3, 0.4) is 0 Å². The van der Waals surface area contributed by atoms with E-state index in [2.05, 4.69) is 9.97 Å². The lowest BCUT2D eigenvalue weighted by atomic mass is 10.0. The van der Waals surface area contributed by atoms with E-state index < -0.39 is 19.7 Å². The molecule has 0 atom stereocenters. The molecule has 6 rings (SSSR count). The summed E-state index contributed by atoms with van der Waals surface area (Å²) in [6.45, 7) is 0. The Kier molecular flexibility index (Phi) is 4.99. The molecule has 10 heteroatoms. The number of carbonyl (C=O) groups is 2. The molecule has 2 aromatic carbocycles. The maximum atomic E-state index is 12.2. The molecule has 4 aromatic rings. The Hall–Kier alpha value is -4.02. The molecule has 2 aliphatic rings. The first kappa shape index (κ1) is 21.8. The summed E-state index contributed by atoms with van der Waals surface area (Å²) in [4.78, 5) is 31.9. The molecule has 2 aliphatic heterocycles. The van der Waals surface area contributed by atoms with Gasteiger partial charge in [-0.15, -0.1) is 0 Å². The van der Waals surface area contributed by atoms with Crippen LogP contribution in [-0.4, -0.2) is 38.4 Å². The van der Waals surface area contributed by atoms with E-state index in [-0.39, 0.29) is 53.7 Å². The monoisotopic (exact) mass is 490 g/mol. The molecule has 0 saturated heterocycles. The average Bonchev–Trinajstić information content (AvgIpc) is 2.87. The number of aromatic nitrogens is 2. The predicted octanol–water partition coefficient (Wildman–Crippen LogP) is 2.92. The third-order valence-electron chi connectivity index (χ3n) is 5.38. The highest BCUT2D eigenvalue weighted by Gasteiger charge is 2.36. The van der Waals surface area contributed by atoms with Gasteiger partial charge in [-0.1, -0.05) is 24.3 Å². The van der Waals surface area contributed by atoms with E-state index in [9.17, 15) is 26.4 Å². The summed E-state index contributed by atoms with van der Waals surface area (Å²) in [5.74, 6) is -0.586. The summed E-state index contributed by atoms with van der Waals surface area (Å²) in [7, 11) is -7.33. The molecule has 0 radical (unpaired) electrons. The molecule has 0 N–H and O–H groups in total. The molecule has 8 nitrogen and oxygen atoms in total. The number of ketones is 2. The van der Waals surface area contributed by atoms with Crippen molar-refractivity contribution in [3.63, 3.8) is 0 Å². The van der Waals surface area contributed by atoms with Gasteiger partial charge in [0.1, 0.15) is 0 Å². The highest BCUT2D eigenvalue weighted by Crippen LogP contribution is 2.33. The van der Waals surface area contributed by atoms with E-state index >= 15 is 0 Å². The van der Waals surface area contributed by atoms with Gasteiger partial charge >= 0.3 is 0 Å². The van der Waals surface area contributed by atoms with Gasteiger partial charge in [0.05, 0.1) is 20.9 Å². The fraction of sp³-hybridized carbons (Fsp3) is 0. The molecular weight excluding hydrogens is 476 g/mol. The first-order valence-electron chi connectivity index (χ1n) is 9.92. The number of benzene rings is 2. The van der Waals surface area contributed by atoms with Crippen molar-refractivity contribution in [2.24, 2.45) is 0 Å². The molecule has 0 aliphatic carbocycles. The van der Waals surface area contributed by atoms with Crippen LogP contribution < -0.4 is 0 Å². The molecule has 0 spiro atoms. The number of sulfone groups is 2. The van der Waals surface area contributed by atoms with Crippen LogP contribution in [0.1, 0.15) is 31.8 Å². The Balaban J connectivity index is 0.000000142. The van der Waals surface area contributed by atoms with Gasteiger partial charge in [0.25, 0.3) is 0 Å². The van der Waals surface area contributed by atoms with Crippen molar-refractivity contribution in [3.05, 3.63) is 107 Å². The third-order valence-corrected chi connectivity index (χ3v) is 8.92. The van der Waals surface area contributed by atoms with Crippen LogP contribution in [0.4, 0.5) is 0 Å². The van der Waals surface area contributed by atoms with Crippen molar-refractivity contribution in [2.75, 3.05) is 0 Å². The van der Waals surface area contributed by atoms with Gasteiger partial charge in [0.2, 0.25) is 19.7 Å². The minimum absolute atomic E-state index is 0.0381. The van der Waals surface area contributed by atoms with Crippen LogP contribution >= 0.6 is 0 Å². The lowest BCUT2D eigenvalue weighted by Crippen LogP contribution is -2.21. The topological polar surface area (TPSA) is 128 Å². The van der Waals surface area contributed by atoms with Gasteiger partial charge in [-0.2, -0.15) is 0 Å². The third kappa shape index (κ3) is 3.18. The van der Waals surface area contributed by atoms with Crippen LogP contribution in [-0.2, 0) is 19.7 Å². The molecule has 0 bridgehead atoms. The van der Waals surface area contributed by atoms with Gasteiger partial charge in [-0.05, 0) is 48.5 Å². The van der Waals surface area contributed by atoms with Crippen LogP contribution in [0, 0.1) is 0 Å². The van der Waals surface area contributed by atoms with E-state index in [1.54, 1.807) is 36.4 Å². The minimum Gasteiger partial charge on any atom is -0.288 e. The smallest absolute Gasteiger partial charge is 0.225 e. The summed E-state index contributed by atoms with van der Waals surface area (Å²) in [6, 6.07) is 18.5. The maximum Gasteiger partial charge on any atom is 0.225 e. The Morgan fingerprint density at radius 1 is 0.471 bits per heavy atom. The van der Waals surface area contributed by atoms with E-state index in [0.717, 1.165) is 0 Å². The molecule has 0 saturated carbocycles. The summed E-state index contributed by atoms with van der Waals surface area (Å²) in [5.41, 5.74) is 0.721. The molecule has 34 heavy (non-hydrogen) atoms. The highest BCUT2D eigenvalue weighted by molar-refractivity contribution is 7.92. The standard InChI is InChI=1S/2C12H7NO3S/c2*14-11-8-4-1-2-6-10(8)17(15,16)12-9(11)5-3-7-13-12/h2*1-7H. The average molecular weight is 491 g/mol. The molecule has 0 unspecified atom stereocenters. The Morgan fingerprint density at radius 3 is 1.24 bits per heavy atom. The van der Waals surface area contributed by atoms with E-state index in [1.807, 2.05) is 0 Å². The lowest BCUT2D eigenvalue weighted by molar-refractivity contribution is 0.102. The highest BCUT2D eigenvalue weighted by atomic mass is 32.2. The summed E-state index contributed by atoms with van der Waals surface area (Å²) in [5, 5.41) is -0.299. The van der Waals surface area contributed by atoms with Gasteiger partial charge in [0, 0.05) is 23.5 Å². The van der Waals surface area contributed by atoms with Gasteiger partial charge in [-0.3, -0.25) is 9.59 Å². The zero-order chi connectivity index (χ0) is 24.1. The number of carbonyl (C=O) groups excluding carboxylic acids is 2. The van der Waals surface area contributed by atoms with Gasteiger partial charge in [-0.25, -0.2) is 26.8 Å². The van der Waals surface area contributed by atoms with Gasteiger partial charge in [0.15, 0.2) is 21.6 Å². The lowest BCUT2D eigenvalue weighted by Gasteiger charge is -2.16. The number of pyridine rings is 2. The zero-order valence-corrected chi connectivity index (χ0v) is 18.9. The fourth-order valence-electron chi connectivity index (χ4n) is 3.83. The van der Waals surface area contributed by atoms with Crippen LogP contribution in [0.25, 0.3) is 0 Å². The molecule has 0 amide bonds. The molecule has 2 aromatic heterocycles. The normalized spacial score (nSPS) is 16.1. The maximum absolute atomic E-state index is 12.2. The first-order chi connectivity index (χ1) is 16.2. The first-order valence-corrected chi connectivity index (χ1v) is 12.9.